The van der Waals surface area contributed by atoms with Crippen LogP contribution in [0.2, 0.25) is 0 Å². The summed E-state index contributed by atoms with van der Waals surface area (Å²) in [5.74, 6) is 1.42. The van der Waals surface area contributed by atoms with Gasteiger partial charge in [-0.05, 0) is 36.4 Å². The lowest BCUT2D eigenvalue weighted by Gasteiger charge is -2.15. The number of hydrogen-bond donors (Lipinski definition) is 3. The molecule has 5 heteroatoms. The van der Waals surface area contributed by atoms with Crippen LogP contribution >= 0.6 is 11.6 Å². The van der Waals surface area contributed by atoms with Gasteiger partial charge < -0.3 is 21.3 Å². The molecule has 1 unspecified atom stereocenters. The molecule has 2 aromatic carbocycles. The van der Waals surface area contributed by atoms with Crippen molar-refractivity contribution in [2.75, 3.05) is 17.3 Å². The van der Waals surface area contributed by atoms with E-state index >= 15 is 0 Å². The number of ether oxygens (including phenoxy) is 1. The van der Waals surface area contributed by atoms with Crippen molar-refractivity contribution in [3.8, 4) is 11.5 Å². The highest BCUT2D eigenvalue weighted by atomic mass is 35.5. The Hall–Kier alpha value is -1.91. The number of benzene rings is 2. The lowest BCUT2D eigenvalue weighted by atomic mass is 10.1. The predicted molar refractivity (Wildman–Crippen MR) is 82.2 cm³/mol. The normalized spacial score (nSPS) is 12.1. The molecule has 0 spiro atoms. The lowest BCUT2D eigenvalue weighted by molar-refractivity contribution is 0.198. The summed E-state index contributed by atoms with van der Waals surface area (Å²) in [6.07, 6.45) is -0.310. The molecular formula is C15H17ClN2O2. The van der Waals surface area contributed by atoms with Gasteiger partial charge in [0.25, 0.3) is 0 Å². The van der Waals surface area contributed by atoms with E-state index in [1.165, 1.54) is 0 Å². The summed E-state index contributed by atoms with van der Waals surface area (Å²) in [5.41, 5.74) is 13.6. The van der Waals surface area contributed by atoms with Gasteiger partial charge in [0.05, 0.1) is 6.10 Å². The maximum absolute atomic E-state index is 9.70. The van der Waals surface area contributed by atoms with Crippen LogP contribution < -0.4 is 16.2 Å². The zero-order valence-corrected chi connectivity index (χ0v) is 11.7. The minimum absolute atomic E-state index is 0.148. The van der Waals surface area contributed by atoms with Crippen LogP contribution in [0.1, 0.15) is 5.56 Å². The number of nitrogens with two attached hydrogens (primary N) is 2. The van der Waals surface area contributed by atoms with E-state index in [1.54, 1.807) is 36.4 Å². The second-order valence-corrected chi connectivity index (χ2v) is 4.82. The average Bonchev–Trinajstić information content (AvgIpc) is 2.45. The first-order valence-corrected chi connectivity index (χ1v) is 6.78. The molecule has 0 aliphatic rings. The maximum atomic E-state index is 9.70. The van der Waals surface area contributed by atoms with Gasteiger partial charge in [-0.1, -0.05) is 6.07 Å². The smallest absolute Gasteiger partial charge is 0.132 e. The van der Waals surface area contributed by atoms with Crippen LogP contribution in [0, 0.1) is 0 Å². The summed E-state index contributed by atoms with van der Waals surface area (Å²) in [7, 11) is 0. The van der Waals surface area contributed by atoms with Gasteiger partial charge in [-0.15, -0.1) is 11.6 Å². The Morgan fingerprint density at radius 1 is 1.10 bits per heavy atom. The Morgan fingerprint density at radius 2 is 1.80 bits per heavy atom. The molecule has 106 valence electrons. The molecule has 0 radical (unpaired) electrons. The molecule has 2 rings (SSSR count). The highest BCUT2D eigenvalue weighted by molar-refractivity contribution is 6.18. The molecule has 0 fully saturated rings. The van der Waals surface area contributed by atoms with Gasteiger partial charge in [0.15, 0.2) is 0 Å². The van der Waals surface area contributed by atoms with Crippen molar-refractivity contribution in [2.45, 2.75) is 12.5 Å². The Kier molecular flexibility index (Phi) is 4.71. The van der Waals surface area contributed by atoms with Crippen LogP contribution in [-0.2, 0) is 6.42 Å². The molecule has 0 amide bonds. The standard InChI is InChI=1S/C15H17ClN2O2/c16-9-11(19)8-13-14(18)2-1-3-15(13)20-12-6-4-10(17)5-7-12/h1-7,11,19H,8-9,17-18H2. The Bertz CT molecular complexity index is 573. The van der Waals surface area contributed by atoms with Crippen LogP contribution in [0.25, 0.3) is 0 Å². The van der Waals surface area contributed by atoms with Gasteiger partial charge in [-0.25, -0.2) is 0 Å². The van der Waals surface area contributed by atoms with Gasteiger partial charge in [0.1, 0.15) is 11.5 Å². The first-order chi connectivity index (χ1) is 9.60. The number of hydrogen-bond acceptors (Lipinski definition) is 4. The first-order valence-electron chi connectivity index (χ1n) is 6.25. The van der Waals surface area contributed by atoms with E-state index in [4.69, 9.17) is 27.8 Å². The van der Waals surface area contributed by atoms with Gasteiger partial charge >= 0.3 is 0 Å². The van der Waals surface area contributed by atoms with Crippen molar-refractivity contribution >= 4 is 23.0 Å². The number of anilines is 2. The number of halogens is 1. The van der Waals surface area contributed by atoms with E-state index in [1.807, 2.05) is 6.07 Å². The fourth-order valence-corrected chi connectivity index (χ4v) is 1.96. The molecule has 0 bridgehead atoms. The van der Waals surface area contributed by atoms with Gasteiger partial charge in [0.2, 0.25) is 0 Å². The molecule has 5 N–H and O–H groups in total. The van der Waals surface area contributed by atoms with E-state index in [0.29, 0.717) is 29.3 Å². The largest absolute Gasteiger partial charge is 0.457 e. The van der Waals surface area contributed by atoms with E-state index in [0.717, 1.165) is 5.56 Å². The lowest BCUT2D eigenvalue weighted by Crippen LogP contribution is -2.14. The molecule has 0 saturated heterocycles. The number of rotatable bonds is 5. The maximum Gasteiger partial charge on any atom is 0.132 e. The fraction of sp³-hybridized carbons (Fsp3) is 0.200. The molecule has 0 aromatic heterocycles. The second-order valence-electron chi connectivity index (χ2n) is 4.51. The SMILES string of the molecule is Nc1ccc(Oc2cccc(N)c2CC(O)CCl)cc1. The molecule has 4 nitrogen and oxygen atoms in total. The van der Waals surface area contributed by atoms with Crippen molar-refractivity contribution in [1.29, 1.82) is 0 Å². The summed E-state index contributed by atoms with van der Waals surface area (Å²) in [5, 5.41) is 9.70. The predicted octanol–water partition coefficient (Wildman–Crippen LogP) is 2.79. The molecular weight excluding hydrogens is 276 g/mol. The summed E-state index contributed by atoms with van der Waals surface area (Å²) in [4.78, 5) is 0. The Balaban J connectivity index is 2.26. The van der Waals surface area contributed by atoms with Crippen molar-refractivity contribution in [2.24, 2.45) is 0 Å². The number of alkyl halides is 1. The number of aliphatic hydroxyl groups is 1. The molecule has 0 aliphatic carbocycles. The van der Waals surface area contributed by atoms with Gasteiger partial charge in [0, 0.05) is 29.2 Å². The van der Waals surface area contributed by atoms with Crippen molar-refractivity contribution in [1.82, 2.24) is 0 Å². The topological polar surface area (TPSA) is 81.5 Å². The third-order valence-corrected chi connectivity index (χ3v) is 3.25. The number of nitrogen functional groups attached to an aromatic ring is 2. The van der Waals surface area contributed by atoms with Crippen LogP contribution in [0.4, 0.5) is 11.4 Å². The fourth-order valence-electron chi connectivity index (χ4n) is 1.85. The van der Waals surface area contributed by atoms with Crippen molar-refractivity contribution in [3.05, 3.63) is 48.0 Å². The van der Waals surface area contributed by atoms with Crippen molar-refractivity contribution < 1.29 is 9.84 Å². The molecule has 0 aliphatic heterocycles. The monoisotopic (exact) mass is 292 g/mol. The van der Waals surface area contributed by atoms with E-state index < -0.39 is 6.10 Å². The Morgan fingerprint density at radius 3 is 2.45 bits per heavy atom. The minimum Gasteiger partial charge on any atom is -0.457 e. The summed E-state index contributed by atoms with van der Waals surface area (Å²) in [6.45, 7) is 0. The third-order valence-electron chi connectivity index (χ3n) is 2.90. The summed E-state index contributed by atoms with van der Waals surface area (Å²) < 4.78 is 5.80. The molecule has 20 heavy (non-hydrogen) atoms. The van der Waals surface area contributed by atoms with Crippen LogP contribution in [0.5, 0.6) is 11.5 Å². The molecule has 2 aromatic rings. The average molecular weight is 293 g/mol. The summed E-state index contributed by atoms with van der Waals surface area (Å²) in [6, 6.07) is 12.5. The molecule has 0 saturated carbocycles. The van der Waals surface area contributed by atoms with Gasteiger partial charge in [-0.3, -0.25) is 0 Å². The quantitative estimate of drug-likeness (QED) is 0.585. The Labute approximate surface area is 122 Å². The zero-order chi connectivity index (χ0) is 14.5. The van der Waals surface area contributed by atoms with Gasteiger partial charge in [-0.2, -0.15) is 0 Å². The second kappa shape index (κ2) is 6.50. The molecule has 1 atom stereocenters. The van der Waals surface area contributed by atoms with E-state index in [9.17, 15) is 5.11 Å². The van der Waals surface area contributed by atoms with Crippen LogP contribution in [0.15, 0.2) is 42.5 Å². The van der Waals surface area contributed by atoms with Crippen LogP contribution in [0.3, 0.4) is 0 Å². The zero-order valence-electron chi connectivity index (χ0n) is 10.9. The highest BCUT2D eigenvalue weighted by Gasteiger charge is 2.13. The minimum atomic E-state index is -0.657. The van der Waals surface area contributed by atoms with Crippen molar-refractivity contribution in [3.63, 3.8) is 0 Å². The van der Waals surface area contributed by atoms with E-state index in [2.05, 4.69) is 0 Å². The van der Waals surface area contributed by atoms with E-state index in [-0.39, 0.29) is 5.88 Å². The third kappa shape index (κ3) is 3.56. The molecule has 0 heterocycles. The number of aliphatic hydroxyl groups excluding tert-OH is 1. The van der Waals surface area contributed by atoms with Crippen LogP contribution in [-0.4, -0.2) is 17.1 Å². The summed E-state index contributed by atoms with van der Waals surface area (Å²) >= 11 is 5.64. The first kappa shape index (κ1) is 14.5. The highest BCUT2D eigenvalue weighted by Crippen LogP contribution is 2.30.